The summed E-state index contributed by atoms with van der Waals surface area (Å²) in [4.78, 5) is 18.1. The molecule has 5 rings (SSSR count). The van der Waals surface area contributed by atoms with Gasteiger partial charge >= 0.3 is 5.97 Å². The standard InChI is InChI=1S/C23H23NO8/c1-26-17-5-11(6-18(27-2)22(17)28-3)19-12-7-15-16(32-10-31-15)8-13(12)21(24-29-4)14-9-30-23(25)20(14)19/h5-8,14,19-20H,9-10H2,1-4H3/b24-21-/t14-,19+,20-/m0/s1. The highest BCUT2D eigenvalue weighted by Crippen LogP contribution is 2.52. The second-order valence-electron chi connectivity index (χ2n) is 7.65. The molecule has 2 aliphatic heterocycles. The first-order chi connectivity index (χ1) is 15.6. The van der Waals surface area contributed by atoms with Crippen LogP contribution in [0.3, 0.4) is 0 Å². The van der Waals surface area contributed by atoms with Crippen LogP contribution in [-0.2, 0) is 14.4 Å². The Morgan fingerprint density at radius 3 is 2.22 bits per heavy atom. The molecule has 0 radical (unpaired) electrons. The second kappa shape index (κ2) is 7.81. The molecule has 0 bridgehead atoms. The third-order valence-electron chi connectivity index (χ3n) is 6.21. The molecule has 2 heterocycles. The molecule has 9 nitrogen and oxygen atoms in total. The summed E-state index contributed by atoms with van der Waals surface area (Å²) in [6, 6.07) is 7.51. The van der Waals surface area contributed by atoms with Gasteiger partial charge in [-0.05, 0) is 35.4 Å². The summed E-state index contributed by atoms with van der Waals surface area (Å²) in [6.45, 7) is 0.360. The monoisotopic (exact) mass is 441 g/mol. The Kier molecular flexibility index (Phi) is 4.96. The van der Waals surface area contributed by atoms with Crippen LogP contribution in [0.25, 0.3) is 0 Å². The lowest BCUT2D eigenvalue weighted by atomic mass is 9.66. The molecule has 9 heteroatoms. The van der Waals surface area contributed by atoms with Crippen LogP contribution in [0.2, 0.25) is 0 Å². The fourth-order valence-corrected chi connectivity index (χ4v) is 4.87. The number of hydrogen-bond acceptors (Lipinski definition) is 9. The van der Waals surface area contributed by atoms with E-state index in [1.54, 1.807) is 21.3 Å². The fraction of sp³-hybridized carbons (Fsp3) is 0.391. The van der Waals surface area contributed by atoms with Crippen molar-refractivity contribution in [3.63, 3.8) is 0 Å². The van der Waals surface area contributed by atoms with Gasteiger partial charge < -0.3 is 33.3 Å². The lowest BCUT2D eigenvalue weighted by Gasteiger charge is -2.34. The molecule has 2 aromatic rings. The number of oxime groups is 1. The molecule has 168 valence electrons. The molecule has 1 fully saturated rings. The van der Waals surface area contributed by atoms with Crippen LogP contribution in [0.15, 0.2) is 29.4 Å². The van der Waals surface area contributed by atoms with Crippen LogP contribution in [0.5, 0.6) is 28.7 Å². The summed E-state index contributed by atoms with van der Waals surface area (Å²) in [6.07, 6.45) is 0. The Hall–Kier alpha value is -3.62. The fourth-order valence-electron chi connectivity index (χ4n) is 4.87. The quantitative estimate of drug-likeness (QED) is 0.517. The first-order valence-corrected chi connectivity index (χ1v) is 10.1. The van der Waals surface area contributed by atoms with Crippen molar-refractivity contribution in [2.45, 2.75) is 5.92 Å². The zero-order valence-electron chi connectivity index (χ0n) is 18.2. The average molecular weight is 441 g/mol. The van der Waals surface area contributed by atoms with Gasteiger partial charge in [0.1, 0.15) is 13.7 Å². The van der Waals surface area contributed by atoms with E-state index < -0.39 is 5.92 Å². The number of rotatable bonds is 5. The predicted octanol–water partition coefficient (Wildman–Crippen LogP) is 2.73. The predicted molar refractivity (Wildman–Crippen MR) is 112 cm³/mol. The maximum absolute atomic E-state index is 13.0. The Balaban J connectivity index is 1.77. The molecule has 1 saturated heterocycles. The molecule has 0 amide bonds. The van der Waals surface area contributed by atoms with Crippen LogP contribution in [0, 0.1) is 11.8 Å². The van der Waals surface area contributed by atoms with Crippen molar-refractivity contribution in [1.29, 1.82) is 0 Å². The number of cyclic esters (lactones) is 1. The Bertz CT molecular complexity index is 1090. The minimum Gasteiger partial charge on any atom is -0.493 e. The number of nitrogens with zero attached hydrogens (tertiary/aromatic N) is 1. The van der Waals surface area contributed by atoms with Gasteiger partial charge in [-0.1, -0.05) is 5.16 Å². The van der Waals surface area contributed by atoms with Crippen molar-refractivity contribution < 1.29 is 38.1 Å². The van der Waals surface area contributed by atoms with E-state index in [2.05, 4.69) is 5.16 Å². The van der Waals surface area contributed by atoms with E-state index in [1.807, 2.05) is 24.3 Å². The third-order valence-corrected chi connectivity index (χ3v) is 6.21. The molecule has 3 atom stereocenters. The van der Waals surface area contributed by atoms with Gasteiger partial charge in [-0.3, -0.25) is 4.79 Å². The highest BCUT2D eigenvalue weighted by Gasteiger charge is 2.51. The summed E-state index contributed by atoms with van der Waals surface area (Å²) >= 11 is 0. The Morgan fingerprint density at radius 2 is 1.59 bits per heavy atom. The first kappa shape index (κ1) is 20.3. The normalized spacial score (nSPS) is 23.9. The molecular formula is C23H23NO8. The molecule has 32 heavy (non-hydrogen) atoms. The van der Waals surface area contributed by atoms with Crippen LogP contribution in [-0.4, -0.2) is 53.5 Å². The summed E-state index contributed by atoms with van der Waals surface area (Å²) in [5, 5.41) is 4.27. The molecule has 1 aliphatic carbocycles. The number of fused-ring (bicyclic) bond motifs is 3. The topological polar surface area (TPSA) is 94.0 Å². The van der Waals surface area contributed by atoms with Crippen LogP contribution < -0.4 is 23.7 Å². The van der Waals surface area contributed by atoms with Gasteiger partial charge in [0.2, 0.25) is 12.5 Å². The van der Waals surface area contributed by atoms with Crippen LogP contribution >= 0.6 is 0 Å². The second-order valence-corrected chi connectivity index (χ2v) is 7.65. The van der Waals surface area contributed by atoms with Crippen molar-refractivity contribution >= 4 is 11.7 Å². The van der Waals surface area contributed by atoms with E-state index in [9.17, 15) is 4.79 Å². The van der Waals surface area contributed by atoms with Crippen molar-refractivity contribution in [3.05, 3.63) is 41.0 Å². The number of ether oxygens (including phenoxy) is 6. The van der Waals surface area contributed by atoms with Crippen LogP contribution in [0.1, 0.15) is 22.6 Å². The Morgan fingerprint density at radius 1 is 0.906 bits per heavy atom. The van der Waals surface area contributed by atoms with Gasteiger partial charge in [0.25, 0.3) is 0 Å². The van der Waals surface area contributed by atoms with Crippen molar-refractivity contribution in [1.82, 2.24) is 0 Å². The number of carbonyl (C=O) groups is 1. The molecule has 0 saturated carbocycles. The maximum Gasteiger partial charge on any atom is 0.310 e. The van der Waals surface area contributed by atoms with Gasteiger partial charge in [-0.2, -0.15) is 0 Å². The van der Waals surface area contributed by atoms with E-state index in [4.69, 9.17) is 33.3 Å². The lowest BCUT2D eigenvalue weighted by Crippen LogP contribution is -2.36. The minimum atomic E-state index is -0.500. The zero-order chi connectivity index (χ0) is 22.4. The highest BCUT2D eigenvalue weighted by molar-refractivity contribution is 6.08. The molecule has 0 unspecified atom stereocenters. The van der Waals surface area contributed by atoms with Gasteiger partial charge in [-0.25, -0.2) is 0 Å². The van der Waals surface area contributed by atoms with E-state index in [0.717, 1.165) is 16.7 Å². The summed E-state index contributed by atoms with van der Waals surface area (Å²) in [5.74, 6) is 1.30. The van der Waals surface area contributed by atoms with E-state index in [0.29, 0.717) is 34.5 Å². The summed E-state index contributed by atoms with van der Waals surface area (Å²) in [5.41, 5.74) is 3.17. The zero-order valence-corrected chi connectivity index (χ0v) is 18.2. The molecule has 0 N–H and O–H groups in total. The van der Waals surface area contributed by atoms with Gasteiger partial charge in [0.15, 0.2) is 23.0 Å². The SMILES string of the molecule is CO/N=C1/c2cc3c(cc2[C@@H](c2cc(OC)c(OC)c(OC)c2)[C@H]2C(=O)OC[C@H]12)OCO3. The van der Waals surface area contributed by atoms with Crippen molar-refractivity contribution in [3.8, 4) is 28.7 Å². The highest BCUT2D eigenvalue weighted by atomic mass is 16.7. The summed E-state index contributed by atoms with van der Waals surface area (Å²) in [7, 11) is 6.15. The largest absolute Gasteiger partial charge is 0.493 e. The number of carbonyl (C=O) groups excluding carboxylic acids is 1. The number of methoxy groups -OCH3 is 3. The van der Waals surface area contributed by atoms with Gasteiger partial charge in [0, 0.05) is 11.5 Å². The minimum absolute atomic E-state index is 0.138. The van der Waals surface area contributed by atoms with Crippen LogP contribution in [0.4, 0.5) is 0 Å². The molecule has 3 aliphatic rings. The molecular weight excluding hydrogens is 418 g/mol. The molecule has 0 aromatic heterocycles. The van der Waals surface area contributed by atoms with E-state index >= 15 is 0 Å². The summed E-state index contributed by atoms with van der Waals surface area (Å²) < 4.78 is 33.3. The smallest absolute Gasteiger partial charge is 0.310 e. The molecule has 2 aromatic carbocycles. The van der Waals surface area contributed by atoms with Crippen molar-refractivity contribution in [2.75, 3.05) is 41.8 Å². The van der Waals surface area contributed by atoms with Gasteiger partial charge in [0.05, 0.1) is 38.9 Å². The van der Waals surface area contributed by atoms with Crippen molar-refractivity contribution in [2.24, 2.45) is 17.0 Å². The lowest BCUT2D eigenvalue weighted by molar-refractivity contribution is -0.141. The average Bonchev–Trinajstić information content (AvgIpc) is 3.43. The number of esters is 1. The van der Waals surface area contributed by atoms with E-state index in [1.165, 1.54) is 7.11 Å². The maximum atomic E-state index is 13.0. The number of benzene rings is 2. The van der Waals surface area contributed by atoms with E-state index in [-0.39, 0.29) is 31.2 Å². The Labute approximate surface area is 184 Å². The first-order valence-electron chi connectivity index (χ1n) is 10.1. The molecule has 0 spiro atoms. The number of hydrogen-bond donors (Lipinski definition) is 0. The van der Waals surface area contributed by atoms with Gasteiger partial charge in [-0.15, -0.1) is 0 Å². The third kappa shape index (κ3) is 2.91.